The van der Waals surface area contributed by atoms with E-state index in [0.29, 0.717) is 15.7 Å². The Labute approximate surface area is 91.1 Å². The van der Waals surface area contributed by atoms with Gasteiger partial charge < -0.3 is 5.11 Å². The predicted molar refractivity (Wildman–Crippen MR) is 58.2 cm³/mol. The van der Waals surface area contributed by atoms with Crippen molar-refractivity contribution in [2.45, 2.75) is 6.92 Å². The largest absolute Gasteiger partial charge is 0.506 e. The van der Waals surface area contributed by atoms with Gasteiger partial charge >= 0.3 is 0 Å². The van der Waals surface area contributed by atoms with Gasteiger partial charge in [-0.2, -0.15) is 0 Å². The molecule has 2 rings (SSSR count). The first-order valence-electron chi connectivity index (χ1n) is 4.04. The number of phenols is 1. The number of benzene rings is 1. The van der Waals surface area contributed by atoms with Gasteiger partial charge in [0.25, 0.3) is 0 Å². The van der Waals surface area contributed by atoms with E-state index in [1.54, 1.807) is 12.1 Å². The lowest BCUT2D eigenvalue weighted by Gasteiger charge is -2.05. The first-order chi connectivity index (χ1) is 6.59. The van der Waals surface area contributed by atoms with Crippen molar-refractivity contribution in [2.75, 3.05) is 0 Å². The number of fused-ring (bicyclic) bond motifs is 1. The topological polar surface area (TPSA) is 33.1 Å². The van der Waals surface area contributed by atoms with Gasteiger partial charge in [0.1, 0.15) is 16.4 Å². The van der Waals surface area contributed by atoms with Crippen LogP contribution in [0.2, 0.25) is 10.2 Å². The number of hydrogen-bond acceptors (Lipinski definition) is 2. The number of phenolic OH excluding ortho intramolecular Hbond substituents is 1. The molecule has 0 saturated heterocycles. The zero-order chi connectivity index (χ0) is 10.3. The lowest BCUT2D eigenvalue weighted by Crippen LogP contribution is -1.86. The second-order valence-electron chi connectivity index (χ2n) is 3.05. The molecule has 1 aromatic heterocycles. The second-order valence-corrected chi connectivity index (χ2v) is 3.85. The molecule has 0 unspecified atom stereocenters. The summed E-state index contributed by atoms with van der Waals surface area (Å²) in [6.45, 7) is 1.88. The zero-order valence-electron chi connectivity index (χ0n) is 7.38. The van der Waals surface area contributed by atoms with E-state index >= 15 is 0 Å². The van der Waals surface area contributed by atoms with E-state index < -0.39 is 0 Å². The lowest BCUT2D eigenvalue weighted by molar-refractivity contribution is 0.480. The quantitative estimate of drug-likeness (QED) is 0.699. The molecule has 0 amide bonds. The van der Waals surface area contributed by atoms with Crippen LogP contribution >= 0.6 is 23.2 Å². The second kappa shape index (κ2) is 3.30. The first-order valence-corrected chi connectivity index (χ1v) is 4.79. The summed E-state index contributed by atoms with van der Waals surface area (Å²) in [5, 5.41) is 11.2. The van der Waals surface area contributed by atoms with Crippen LogP contribution in [0.3, 0.4) is 0 Å². The van der Waals surface area contributed by atoms with E-state index in [-0.39, 0.29) is 5.75 Å². The number of halogens is 2. The molecule has 0 saturated carbocycles. The highest BCUT2D eigenvalue weighted by atomic mass is 35.5. The van der Waals surface area contributed by atoms with Gasteiger partial charge in [0.15, 0.2) is 0 Å². The number of hydrogen-bond donors (Lipinski definition) is 1. The fourth-order valence-electron chi connectivity index (χ4n) is 1.43. The maximum Gasteiger partial charge on any atom is 0.141 e. The molecule has 4 heteroatoms. The molecule has 0 atom stereocenters. The van der Waals surface area contributed by atoms with Crippen LogP contribution < -0.4 is 0 Å². The molecule has 0 radical (unpaired) electrons. The van der Waals surface area contributed by atoms with Crippen molar-refractivity contribution < 1.29 is 5.11 Å². The Bertz CT molecular complexity index is 511. The maximum absolute atomic E-state index is 9.56. The molecule has 14 heavy (non-hydrogen) atoms. The Morgan fingerprint density at radius 2 is 2.00 bits per heavy atom. The fourth-order valence-corrected chi connectivity index (χ4v) is 1.98. The van der Waals surface area contributed by atoms with E-state index in [4.69, 9.17) is 23.2 Å². The summed E-state index contributed by atoms with van der Waals surface area (Å²) < 4.78 is 0. The average molecular weight is 228 g/mol. The van der Waals surface area contributed by atoms with Gasteiger partial charge in [-0.25, -0.2) is 4.98 Å². The van der Waals surface area contributed by atoms with Crippen LogP contribution in [0.1, 0.15) is 5.56 Å². The van der Waals surface area contributed by atoms with Gasteiger partial charge in [0.2, 0.25) is 0 Å². The molecule has 0 aliphatic heterocycles. The van der Waals surface area contributed by atoms with Crippen LogP contribution in [-0.2, 0) is 0 Å². The molecule has 1 heterocycles. The predicted octanol–water partition coefficient (Wildman–Crippen LogP) is 3.56. The smallest absolute Gasteiger partial charge is 0.141 e. The Balaban J connectivity index is 3.00. The monoisotopic (exact) mass is 227 g/mol. The summed E-state index contributed by atoms with van der Waals surface area (Å²) in [4.78, 5) is 4.03. The van der Waals surface area contributed by atoms with E-state index in [2.05, 4.69) is 4.98 Å². The molecule has 0 fully saturated rings. The normalized spacial score (nSPS) is 10.8. The van der Waals surface area contributed by atoms with Gasteiger partial charge in [-0.05, 0) is 30.7 Å². The van der Waals surface area contributed by atoms with Crippen LogP contribution in [0.25, 0.3) is 10.9 Å². The van der Waals surface area contributed by atoms with Crippen molar-refractivity contribution in [1.82, 2.24) is 4.98 Å². The summed E-state index contributed by atoms with van der Waals surface area (Å²) in [5.74, 6) is 0.0926. The molecule has 72 valence electrons. The van der Waals surface area contributed by atoms with E-state index in [0.717, 1.165) is 10.9 Å². The van der Waals surface area contributed by atoms with E-state index in [1.807, 2.05) is 6.92 Å². The van der Waals surface area contributed by atoms with Crippen molar-refractivity contribution in [3.8, 4) is 5.75 Å². The summed E-state index contributed by atoms with van der Waals surface area (Å²) in [6, 6.07) is 4.87. The molecule has 1 aromatic carbocycles. The molecule has 0 aliphatic carbocycles. The van der Waals surface area contributed by atoms with Crippen LogP contribution in [0, 0.1) is 6.92 Å². The van der Waals surface area contributed by atoms with Crippen molar-refractivity contribution in [3.63, 3.8) is 0 Å². The molecule has 0 spiro atoms. The van der Waals surface area contributed by atoms with Crippen LogP contribution in [0.5, 0.6) is 5.75 Å². The molecular weight excluding hydrogens is 221 g/mol. The van der Waals surface area contributed by atoms with Crippen molar-refractivity contribution in [1.29, 1.82) is 0 Å². The molecule has 0 bridgehead atoms. The summed E-state index contributed by atoms with van der Waals surface area (Å²) in [5.41, 5.74) is 1.35. The highest BCUT2D eigenvalue weighted by molar-refractivity contribution is 6.36. The molecule has 2 aromatic rings. The fraction of sp³-hybridized carbons (Fsp3) is 0.100. The highest BCUT2D eigenvalue weighted by Gasteiger charge is 2.08. The minimum Gasteiger partial charge on any atom is -0.506 e. The standard InChI is InChI=1S/C10H7Cl2NO/c1-5-4-8(12)13-10-7(14)3-2-6(11)9(5)10/h2-4,14H,1H3. The van der Waals surface area contributed by atoms with E-state index in [1.165, 1.54) is 6.07 Å². The SMILES string of the molecule is Cc1cc(Cl)nc2c(O)ccc(Cl)c12. The van der Waals surface area contributed by atoms with Crippen LogP contribution in [-0.4, -0.2) is 10.1 Å². The van der Waals surface area contributed by atoms with E-state index in [9.17, 15) is 5.11 Å². The van der Waals surface area contributed by atoms with Gasteiger partial charge in [0, 0.05) is 5.39 Å². The summed E-state index contributed by atoms with van der Waals surface area (Å²) in [6.07, 6.45) is 0. The molecule has 1 N–H and O–H groups in total. The van der Waals surface area contributed by atoms with Gasteiger partial charge in [0.05, 0.1) is 5.02 Å². The summed E-state index contributed by atoms with van der Waals surface area (Å²) in [7, 11) is 0. The molecule has 2 nitrogen and oxygen atoms in total. The van der Waals surface area contributed by atoms with Crippen LogP contribution in [0.15, 0.2) is 18.2 Å². The minimum absolute atomic E-state index is 0.0926. The van der Waals surface area contributed by atoms with Crippen molar-refractivity contribution in [3.05, 3.63) is 33.9 Å². The number of aryl methyl sites for hydroxylation is 1. The Morgan fingerprint density at radius 1 is 1.29 bits per heavy atom. The lowest BCUT2D eigenvalue weighted by atomic mass is 10.1. The number of rotatable bonds is 0. The third-order valence-electron chi connectivity index (χ3n) is 2.05. The minimum atomic E-state index is 0.0926. The summed E-state index contributed by atoms with van der Waals surface area (Å²) >= 11 is 11.8. The molecule has 0 aliphatic rings. The van der Waals surface area contributed by atoms with Gasteiger partial charge in [-0.1, -0.05) is 23.2 Å². The number of aromatic nitrogens is 1. The third kappa shape index (κ3) is 1.41. The Kier molecular flexibility index (Phi) is 2.25. The van der Waals surface area contributed by atoms with Gasteiger partial charge in [-0.15, -0.1) is 0 Å². The Hall–Kier alpha value is -0.990. The maximum atomic E-state index is 9.56. The average Bonchev–Trinajstić information content (AvgIpc) is 2.10. The highest BCUT2D eigenvalue weighted by Crippen LogP contribution is 2.32. The molecular formula is C10H7Cl2NO. The van der Waals surface area contributed by atoms with Crippen molar-refractivity contribution >= 4 is 34.1 Å². The number of nitrogens with zero attached hydrogens (tertiary/aromatic N) is 1. The number of aromatic hydroxyl groups is 1. The Morgan fingerprint density at radius 3 is 2.71 bits per heavy atom. The van der Waals surface area contributed by atoms with Gasteiger partial charge in [-0.3, -0.25) is 0 Å². The first kappa shape index (κ1) is 9.56. The number of pyridine rings is 1. The zero-order valence-corrected chi connectivity index (χ0v) is 8.89. The van der Waals surface area contributed by atoms with Crippen molar-refractivity contribution in [2.24, 2.45) is 0 Å². The third-order valence-corrected chi connectivity index (χ3v) is 2.56. The van der Waals surface area contributed by atoms with Crippen LogP contribution in [0.4, 0.5) is 0 Å².